The van der Waals surface area contributed by atoms with Gasteiger partial charge in [0.2, 0.25) is 0 Å². The number of hydrogen-bond acceptors (Lipinski definition) is 4. The molecule has 0 aliphatic carbocycles. The van der Waals surface area contributed by atoms with Gasteiger partial charge in [0.05, 0.1) is 25.3 Å². The molecule has 2 fully saturated rings. The highest BCUT2D eigenvalue weighted by Gasteiger charge is 2.40. The highest BCUT2D eigenvalue weighted by Crippen LogP contribution is 2.34. The SMILES string of the molecule is NC(N)=NCC1(N2CCOCC2)CCSC1. The van der Waals surface area contributed by atoms with Crippen molar-refractivity contribution in [1.29, 1.82) is 0 Å². The van der Waals surface area contributed by atoms with Crippen molar-refractivity contribution in [3.63, 3.8) is 0 Å². The van der Waals surface area contributed by atoms with Crippen LogP contribution in [0.25, 0.3) is 0 Å². The Morgan fingerprint density at radius 3 is 2.69 bits per heavy atom. The highest BCUT2D eigenvalue weighted by atomic mass is 32.2. The molecule has 0 aromatic heterocycles. The monoisotopic (exact) mass is 244 g/mol. The Morgan fingerprint density at radius 1 is 1.38 bits per heavy atom. The molecule has 4 N–H and O–H groups in total. The van der Waals surface area contributed by atoms with Gasteiger partial charge in [-0.3, -0.25) is 9.89 Å². The first kappa shape index (κ1) is 12.0. The van der Waals surface area contributed by atoms with Crippen molar-refractivity contribution < 1.29 is 4.74 Å². The van der Waals surface area contributed by atoms with Gasteiger partial charge in [-0.2, -0.15) is 11.8 Å². The molecule has 2 aliphatic heterocycles. The van der Waals surface area contributed by atoms with Gasteiger partial charge >= 0.3 is 0 Å². The van der Waals surface area contributed by atoms with Gasteiger partial charge in [-0.05, 0) is 12.2 Å². The van der Waals surface area contributed by atoms with Crippen LogP contribution in [0.15, 0.2) is 4.99 Å². The number of guanidine groups is 1. The summed E-state index contributed by atoms with van der Waals surface area (Å²) in [4.78, 5) is 6.73. The van der Waals surface area contributed by atoms with Crippen LogP contribution in [0.1, 0.15) is 6.42 Å². The third-order valence-corrected chi connectivity index (χ3v) is 4.55. The molecule has 0 saturated carbocycles. The molecule has 5 nitrogen and oxygen atoms in total. The van der Waals surface area contributed by atoms with E-state index in [1.165, 1.54) is 12.2 Å². The molecule has 1 atom stereocenters. The van der Waals surface area contributed by atoms with Gasteiger partial charge in [0.15, 0.2) is 5.96 Å². The molecule has 6 heteroatoms. The van der Waals surface area contributed by atoms with E-state index in [0.29, 0.717) is 0 Å². The smallest absolute Gasteiger partial charge is 0.185 e. The molecule has 2 aliphatic rings. The van der Waals surface area contributed by atoms with Crippen LogP contribution < -0.4 is 11.5 Å². The second-order valence-electron chi connectivity index (χ2n) is 4.37. The number of morpholine rings is 1. The summed E-state index contributed by atoms with van der Waals surface area (Å²) in [6.07, 6.45) is 1.18. The quantitative estimate of drug-likeness (QED) is 0.515. The average molecular weight is 244 g/mol. The molecule has 16 heavy (non-hydrogen) atoms. The molecular formula is C10H20N4OS. The summed E-state index contributed by atoms with van der Waals surface area (Å²) in [6.45, 7) is 4.38. The molecular weight excluding hydrogens is 224 g/mol. The second kappa shape index (κ2) is 5.25. The Kier molecular flexibility index (Phi) is 3.94. The van der Waals surface area contributed by atoms with E-state index in [1.54, 1.807) is 0 Å². The Morgan fingerprint density at radius 2 is 2.12 bits per heavy atom. The third kappa shape index (κ3) is 2.61. The zero-order valence-corrected chi connectivity index (χ0v) is 10.3. The Hall–Kier alpha value is -0.460. The first-order valence-electron chi connectivity index (χ1n) is 5.69. The van der Waals surface area contributed by atoms with E-state index < -0.39 is 0 Å². The fraction of sp³-hybridized carbons (Fsp3) is 0.900. The number of ether oxygens (including phenoxy) is 1. The van der Waals surface area contributed by atoms with Gasteiger partial charge in [0.1, 0.15) is 0 Å². The molecule has 0 bridgehead atoms. The van der Waals surface area contributed by atoms with Crippen LogP contribution in [-0.4, -0.2) is 60.8 Å². The molecule has 0 amide bonds. The molecule has 0 aromatic rings. The van der Waals surface area contributed by atoms with Gasteiger partial charge in [-0.25, -0.2) is 0 Å². The van der Waals surface area contributed by atoms with E-state index in [4.69, 9.17) is 16.2 Å². The lowest BCUT2D eigenvalue weighted by Gasteiger charge is -2.42. The predicted molar refractivity (Wildman–Crippen MR) is 67.7 cm³/mol. The van der Waals surface area contributed by atoms with E-state index in [9.17, 15) is 0 Å². The maximum Gasteiger partial charge on any atom is 0.185 e. The minimum absolute atomic E-state index is 0.165. The zero-order valence-electron chi connectivity index (χ0n) is 9.52. The van der Waals surface area contributed by atoms with Crippen LogP contribution in [0.2, 0.25) is 0 Å². The Balaban J connectivity index is 2.04. The maximum atomic E-state index is 5.44. The van der Waals surface area contributed by atoms with Crippen molar-refractivity contribution in [2.45, 2.75) is 12.0 Å². The summed E-state index contributed by atoms with van der Waals surface area (Å²) in [6, 6.07) is 0. The van der Waals surface area contributed by atoms with E-state index >= 15 is 0 Å². The fourth-order valence-corrected chi connectivity index (χ4v) is 3.81. The van der Waals surface area contributed by atoms with Gasteiger partial charge < -0.3 is 16.2 Å². The van der Waals surface area contributed by atoms with Crippen molar-refractivity contribution >= 4 is 17.7 Å². The third-order valence-electron chi connectivity index (χ3n) is 3.32. The average Bonchev–Trinajstić information content (AvgIpc) is 2.78. The molecule has 2 heterocycles. The lowest BCUT2D eigenvalue weighted by Crippen LogP contribution is -2.56. The topological polar surface area (TPSA) is 76.9 Å². The number of aliphatic imine (C=N–C) groups is 1. The number of nitrogens with two attached hydrogens (primary N) is 2. The molecule has 0 radical (unpaired) electrons. The summed E-state index contributed by atoms with van der Waals surface area (Å²) in [5.41, 5.74) is 11.0. The van der Waals surface area contributed by atoms with Crippen LogP contribution in [0.4, 0.5) is 0 Å². The molecule has 1 unspecified atom stereocenters. The van der Waals surface area contributed by atoms with E-state index in [0.717, 1.165) is 38.6 Å². The summed E-state index contributed by atoms with van der Waals surface area (Å²) >= 11 is 1.99. The lowest BCUT2D eigenvalue weighted by atomic mass is 9.96. The van der Waals surface area contributed by atoms with Crippen LogP contribution in [-0.2, 0) is 4.74 Å². The standard InChI is InChI=1S/C10H20N4OS/c11-9(12)13-7-10(1-6-16-8-10)14-2-4-15-5-3-14/h1-8H2,(H4,11,12,13). The van der Waals surface area contributed by atoms with Gasteiger partial charge in [0.25, 0.3) is 0 Å². The maximum absolute atomic E-state index is 5.44. The molecule has 2 saturated heterocycles. The van der Waals surface area contributed by atoms with E-state index in [-0.39, 0.29) is 11.5 Å². The first-order chi connectivity index (χ1) is 7.73. The highest BCUT2D eigenvalue weighted by molar-refractivity contribution is 7.99. The molecule has 2 rings (SSSR count). The van der Waals surface area contributed by atoms with Crippen molar-refractivity contribution in [3.8, 4) is 0 Å². The molecule has 0 aromatic carbocycles. The Labute approximate surface area is 101 Å². The minimum Gasteiger partial charge on any atom is -0.379 e. The first-order valence-corrected chi connectivity index (χ1v) is 6.84. The predicted octanol–water partition coefficient (Wildman–Crippen LogP) is -0.532. The van der Waals surface area contributed by atoms with Crippen molar-refractivity contribution in [2.75, 3.05) is 44.4 Å². The van der Waals surface area contributed by atoms with Crippen LogP contribution in [0.5, 0.6) is 0 Å². The van der Waals surface area contributed by atoms with Crippen LogP contribution in [0, 0.1) is 0 Å². The van der Waals surface area contributed by atoms with Crippen LogP contribution in [0.3, 0.4) is 0 Å². The number of thioether (sulfide) groups is 1. The number of nitrogens with zero attached hydrogens (tertiary/aromatic N) is 2. The fourth-order valence-electron chi connectivity index (χ4n) is 2.35. The van der Waals surface area contributed by atoms with E-state index in [2.05, 4.69) is 9.89 Å². The van der Waals surface area contributed by atoms with Gasteiger partial charge in [0, 0.05) is 18.8 Å². The Bertz CT molecular complexity index is 256. The van der Waals surface area contributed by atoms with Crippen molar-refractivity contribution in [3.05, 3.63) is 0 Å². The molecule has 0 spiro atoms. The summed E-state index contributed by atoms with van der Waals surface area (Å²) in [5, 5.41) is 0. The summed E-state index contributed by atoms with van der Waals surface area (Å²) in [7, 11) is 0. The van der Waals surface area contributed by atoms with Gasteiger partial charge in [-0.1, -0.05) is 0 Å². The summed E-state index contributed by atoms with van der Waals surface area (Å²) in [5.74, 6) is 2.53. The largest absolute Gasteiger partial charge is 0.379 e. The van der Waals surface area contributed by atoms with Crippen LogP contribution >= 0.6 is 11.8 Å². The van der Waals surface area contributed by atoms with Crippen molar-refractivity contribution in [1.82, 2.24) is 4.90 Å². The second-order valence-corrected chi connectivity index (χ2v) is 5.47. The lowest BCUT2D eigenvalue weighted by molar-refractivity contribution is -0.0104. The molecule has 92 valence electrons. The number of rotatable bonds is 3. The summed E-state index contributed by atoms with van der Waals surface area (Å²) < 4.78 is 5.40. The zero-order chi connectivity index (χ0) is 11.4. The van der Waals surface area contributed by atoms with E-state index in [1.807, 2.05) is 11.8 Å². The van der Waals surface area contributed by atoms with Gasteiger partial charge in [-0.15, -0.1) is 0 Å². The number of hydrogen-bond donors (Lipinski definition) is 2. The normalized spacial score (nSPS) is 31.5. The van der Waals surface area contributed by atoms with Crippen molar-refractivity contribution in [2.24, 2.45) is 16.5 Å². The minimum atomic E-state index is 0.165.